The molecule has 3 aromatic heterocycles. The summed E-state index contributed by atoms with van der Waals surface area (Å²) in [7, 11) is 0. The fourth-order valence-electron chi connectivity index (χ4n) is 6.31. The first kappa shape index (κ1) is 30.6. The Morgan fingerprint density at radius 2 is 1.89 bits per heavy atom. The SMILES string of the molecule is CC(C)(C)[C@H]1CCc2nc3sc(C(=O)N[C@H](CCN4CCC(O)CC4)c4ccc(-c5cc(F)c(O)cn5)cc4)nc3cc2C1. The number of likely N-dealkylation sites (tertiary alicyclic amines) is 1. The van der Waals surface area contributed by atoms with Gasteiger partial charge in [-0.2, -0.15) is 0 Å². The zero-order valence-corrected chi connectivity index (χ0v) is 26.3. The lowest BCUT2D eigenvalue weighted by molar-refractivity contribution is 0.0795. The van der Waals surface area contributed by atoms with Crippen LogP contribution in [0.1, 0.15) is 79.1 Å². The van der Waals surface area contributed by atoms with Crippen molar-refractivity contribution < 1.29 is 19.4 Å². The van der Waals surface area contributed by atoms with Crippen molar-refractivity contribution in [3.05, 3.63) is 70.2 Å². The molecule has 1 saturated heterocycles. The molecule has 0 spiro atoms. The van der Waals surface area contributed by atoms with E-state index in [-0.39, 0.29) is 23.5 Å². The van der Waals surface area contributed by atoms with Crippen LogP contribution in [-0.4, -0.2) is 61.7 Å². The molecule has 44 heavy (non-hydrogen) atoms. The van der Waals surface area contributed by atoms with Crippen molar-refractivity contribution >= 4 is 27.6 Å². The monoisotopic (exact) mass is 617 g/mol. The standard InChI is InChI=1S/C34H40FN5O3S/c1-34(2,3)23-8-9-26-22(16-23)17-29-32(38-26)44-33(39-29)31(43)37-27(12-15-40-13-10-24(41)11-14-40)20-4-6-21(7-5-20)28-18-25(35)30(42)19-36-28/h4-7,17-19,23-24,27,41-42H,8-16H2,1-3H3,(H,37,43)/t23-,27+/m0/s1. The number of hydrogen-bond acceptors (Lipinski definition) is 8. The molecule has 0 bridgehead atoms. The number of benzene rings is 1. The Hall–Kier alpha value is -3.47. The number of piperidine rings is 1. The zero-order chi connectivity index (χ0) is 31.0. The zero-order valence-electron chi connectivity index (χ0n) is 25.5. The predicted molar refractivity (Wildman–Crippen MR) is 170 cm³/mol. The first-order chi connectivity index (χ1) is 21.0. The molecule has 2 atom stereocenters. The lowest BCUT2D eigenvalue weighted by atomic mass is 9.71. The minimum atomic E-state index is -0.726. The Balaban J connectivity index is 1.22. The number of fused-ring (bicyclic) bond motifs is 2. The maximum atomic E-state index is 13.9. The van der Waals surface area contributed by atoms with Crippen molar-refractivity contribution in [2.75, 3.05) is 19.6 Å². The molecule has 1 fully saturated rings. The van der Waals surface area contributed by atoms with Crippen LogP contribution in [0.25, 0.3) is 21.6 Å². The smallest absolute Gasteiger partial charge is 0.280 e. The number of thiazole rings is 1. The van der Waals surface area contributed by atoms with Crippen molar-refractivity contribution in [2.24, 2.45) is 11.3 Å². The van der Waals surface area contributed by atoms with Gasteiger partial charge in [0.25, 0.3) is 5.91 Å². The third-order valence-corrected chi connectivity index (χ3v) is 10.2. The van der Waals surface area contributed by atoms with E-state index in [1.165, 1.54) is 23.0 Å². The first-order valence-corrected chi connectivity index (χ1v) is 16.3. The van der Waals surface area contributed by atoms with Crippen molar-refractivity contribution in [3.63, 3.8) is 0 Å². The van der Waals surface area contributed by atoms with E-state index >= 15 is 0 Å². The van der Waals surface area contributed by atoms with Gasteiger partial charge >= 0.3 is 0 Å². The minimum absolute atomic E-state index is 0.232. The second-order valence-corrected chi connectivity index (χ2v) is 14.3. The second-order valence-electron chi connectivity index (χ2n) is 13.3. The van der Waals surface area contributed by atoms with E-state index in [1.54, 1.807) is 0 Å². The van der Waals surface area contributed by atoms with Crippen molar-refractivity contribution in [3.8, 4) is 17.0 Å². The number of aromatic hydroxyl groups is 1. The number of carbonyl (C=O) groups is 1. The highest BCUT2D eigenvalue weighted by Crippen LogP contribution is 2.38. The molecular formula is C34H40FN5O3S. The molecule has 4 aromatic rings. The Kier molecular flexibility index (Phi) is 8.68. The van der Waals surface area contributed by atoms with Gasteiger partial charge in [0.2, 0.25) is 0 Å². The van der Waals surface area contributed by atoms with Crippen LogP contribution >= 0.6 is 11.3 Å². The summed E-state index contributed by atoms with van der Waals surface area (Å²) in [4.78, 5) is 30.5. The number of amides is 1. The Morgan fingerprint density at radius 1 is 1.14 bits per heavy atom. The summed E-state index contributed by atoms with van der Waals surface area (Å²) in [5.74, 6) is -0.854. The third kappa shape index (κ3) is 6.77. The highest BCUT2D eigenvalue weighted by Gasteiger charge is 2.30. The summed E-state index contributed by atoms with van der Waals surface area (Å²) in [5, 5.41) is 23.0. The quantitative estimate of drug-likeness (QED) is 0.231. The Morgan fingerprint density at radius 3 is 2.59 bits per heavy atom. The second kappa shape index (κ2) is 12.5. The van der Waals surface area contributed by atoms with Crippen LogP contribution in [0.2, 0.25) is 0 Å². The summed E-state index contributed by atoms with van der Waals surface area (Å²) in [5.41, 5.74) is 5.42. The van der Waals surface area contributed by atoms with E-state index in [0.717, 1.165) is 79.5 Å². The fraction of sp³-hybridized carbons (Fsp3) is 0.471. The maximum absolute atomic E-state index is 13.9. The van der Waals surface area contributed by atoms with E-state index in [2.05, 4.69) is 42.0 Å². The van der Waals surface area contributed by atoms with Crippen LogP contribution in [0.4, 0.5) is 4.39 Å². The predicted octanol–water partition coefficient (Wildman–Crippen LogP) is 6.07. The number of hydrogen-bond donors (Lipinski definition) is 3. The number of pyridine rings is 2. The molecule has 232 valence electrons. The van der Waals surface area contributed by atoms with Gasteiger partial charge in [0.1, 0.15) is 10.3 Å². The number of aryl methyl sites for hydroxylation is 1. The average Bonchev–Trinajstić information content (AvgIpc) is 3.42. The van der Waals surface area contributed by atoms with Gasteiger partial charge in [0.05, 0.1) is 24.0 Å². The molecule has 0 unspecified atom stereocenters. The number of rotatable bonds is 7. The Bertz CT molecular complexity index is 1640. The van der Waals surface area contributed by atoms with Crippen molar-refractivity contribution in [1.82, 2.24) is 25.2 Å². The van der Waals surface area contributed by atoms with Gasteiger partial charge in [-0.1, -0.05) is 56.4 Å². The van der Waals surface area contributed by atoms with Crippen molar-refractivity contribution in [2.45, 2.75) is 71.4 Å². The number of halogens is 1. The lowest BCUT2D eigenvalue weighted by Gasteiger charge is -2.34. The summed E-state index contributed by atoms with van der Waals surface area (Å²) in [6, 6.07) is 10.6. The van der Waals surface area contributed by atoms with Crippen LogP contribution in [0.5, 0.6) is 5.75 Å². The topological polar surface area (TPSA) is 111 Å². The lowest BCUT2D eigenvalue weighted by Crippen LogP contribution is -2.38. The fourth-order valence-corrected chi connectivity index (χ4v) is 7.16. The molecule has 10 heteroatoms. The molecule has 8 nitrogen and oxygen atoms in total. The number of aliphatic hydroxyl groups excluding tert-OH is 1. The molecule has 0 radical (unpaired) electrons. The summed E-state index contributed by atoms with van der Waals surface area (Å²) < 4.78 is 13.9. The first-order valence-electron chi connectivity index (χ1n) is 15.5. The van der Waals surface area contributed by atoms with Crippen LogP contribution in [0.15, 0.2) is 42.6 Å². The van der Waals surface area contributed by atoms with Gasteiger partial charge in [-0.15, -0.1) is 0 Å². The third-order valence-electron chi connectivity index (χ3n) is 9.21. The normalized spacial score (nSPS) is 18.7. The number of nitrogens with one attached hydrogen (secondary N) is 1. The van der Waals surface area contributed by atoms with Gasteiger partial charge in [-0.05, 0) is 67.1 Å². The van der Waals surface area contributed by atoms with Gasteiger partial charge in [-0.25, -0.2) is 14.4 Å². The summed E-state index contributed by atoms with van der Waals surface area (Å²) >= 11 is 1.33. The van der Waals surface area contributed by atoms with E-state index in [1.807, 2.05) is 24.3 Å². The number of aromatic nitrogens is 3. The van der Waals surface area contributed by atoms with Gasteiger partial charge in [-0.3, -0.25) is 9.78 Å². The van der Waals surface area contributed by atoms with E-state index in [0.29, 0.717) is 28.6 Å². The van der Waals surface area contributed by atoms with Crippen LogP contribution in [0, 0.1) is 17.2 Å². The highest BCUT2D eigenvalue weighted by atomic mass is 32.1. The summed E-state index contributed by atoms with van der Waals surface area (Å²) in [6.45, 7) is 9.30. The van der Waals surface area contributed by atoms with Gasteiger partial charge in [0, 0.05) is 37.0 Å². The molecule has 1 aliphatic heterocycles. The molecule has 4 heterocycles. The van der Waals surface area contributed by atoms with E-state index in [9.17, 15) is 19.4 Å². The molecule has 1 aliphatic carbocycles. The van der Waals surface area contributed by atoms with Crippen LogP contribution < -0.4 is 5.32 Å². The van der Waals surface area contributed by atoms with Gasteiger partial charge in [0.15, 0.2) is 16.6 Å². The molecule has 3 N–H and O–H groups in total. The maximum Gasteiger partial charge on any atom is 0.280 e. The molecule has 1 aromatic carbocycles. The van der Waals surface area contributed by atoms with E-state index < -0.39 is 11.6 Å². The van der Waals surface area contributed by atoms with Crippen molar-refractivity contribution in [1.29, 1.82) is 0 Å². The van der Waals surface area contributed by atoms with Crippen LogP contribution in [-0.2, 0) is 12.8 Å². The Labute approximate surface area is 261 Å². The largest absolute Gasteiger partial charge is 0.504 e. The minimum Gasteiger partial charge on any atom is -0.504 e. The highest BCUT2D eigenvalue weighted by molar-refractivity contribution is 7.19. The number of nitrogens with zero attached hydrogens (tertiary/aromatic N) is 4. The molecule has 2 aliphatic rings. The average molecular weight is 618 g/mol. The molecular weight excluding hydrogens is 577 g/mol. The molecule has 1 amide bonds. The number of carbonyl (C=O) groups excluding carboxylic acids is 1. The molecule has 6 rings (SSSR count). The summed E-state index contributed by atoms with van der Waals surface area (Å²) in [6.07, 6.45) is 6.09. The van der Waals surface area contributed by atoms with Gasteiger partial charge < -0.3 is 20.4 Å². The number of aliphatic hydroxyl groups is 1. The van der Waals surface area contributed by atoms with Crippen LogP contribution in [0.3, 0.4) is 0 Å². The molecule has 0 saturated carbocycles. The van der Waals surface area contributed by atoms with E-state index in [4.69, 9.17) is 9.97 Å².